The molecule has 1 aliphatic heterocycles. The van der Waals surface area contributed by atoms with E-state index >= 15 is 0 Å². The average Bonchev–Trinajstić information content (AvgIpc) is 2.56. The number of anilines is 1. The van der Waals surface area contributed by atoms with Crippen LogP contribution in [0.1, 0.15) is 50.5 Å². The summed E-state index contributed by atoms with van der Waals surface area (Å²) in [6.45, 7) is 2.27. The van der Waals surface area contributed by atoms with E-state index in [1.807, 2.05) is 12.1 Å². The minimum Gasteiger partial charge on any atom is -0.356 e. The van der Waals surface area contributed by atoms with Crippen molar-refractivity contribution in [1.82, 2.24) is 4.98 Å². The Kier molecular flexibility index (Phi) is 4.20. The molecule has 1 unspecified atom stereocenters. The Balaban J connectivity index is 1.66. The third kappa shape index (κ3) is 2.95. The SMILES string of the molecule is N#Cc1ccc(N2CCCC(C3CCCCC3)C2)nc1. The molecule has 1 aromatic rings. The highest BCUT2D eigenvalue weighted by Gasteiger charge is 2.28. The van der Waals surface area contributed by atoms with Gasteiger partial charge in [0, 0.05) is 19.3 Å². The Morgan fingerprint density at radius 2 is 1.85 bits per heavy atom. The van der Waals surface area contributed by atoms with Crippen molar-refractivity contribution in [3.05, 3.63) is 23.9 Å². The molecule has 2 aliphatic rings. The van der Waals surface area contributed by atoms with Crippen LogP contribution in [0.25, 0.3) is 0 Å². The molecule has 1 saturated carbocycles. The molecule has 20 heavy (non-hydrogen) atoms. The van der Waals surface area contributed by atoms with Crippen LogP contribution in [0.2, 0.25) is 0 Å². The fraction of sp³-hybridized carbons (Fsp3) is 0.647. The van der Waals surface area contributed by atoms with Crippen molar-refractivity contribution in [3.63, 3.8) is 0 Å². The first-order chi connectivity index (χ1) is 9.86. The van der Waals surface area contributed by atoms with Gasteiger partial charge in [-0.2, -0.15) is 5.26 Å². The highest BCUT2D eigenvalue weighted by molar-refractivity contribution is 5.42. The second-order valence-electron chi connectivity index (χ2n) is 6.26. The zero-order valence-corrected chi connectivity index (χ0v) is 12.1. The molecule has 1 atom stereocenters. The van der Waals surface area contributed by atoms with Gasteiger partial charge in [0.05, 0.1) is 5.56 Å². The summed E-state index contributed by atoms with van der Waals surface area (Å²) in [5.41, 5.74) is 0.648. The van der Waals surface area contributed by atoms with Crippen molar-refractivity contribution in [3.8, 4) is 6.07 Å². The monoisotopic (exact) mass is 269 g/mol. The molecule has 0 spiro atoms. The summed E-state index contributed by atoms with van der Waals surface area (Å²) in [5.74, 6) is 2.83. The molecule has 0 radical (unpaired) electrons. The van der Waals surface area contributed by atoms with Crippen LogP contribution in [0, 0.1) is 23.2 Å². The lowest BCUT2D eigenvalue weighted by molar-refractivity contribution is 0.220. The number of piperidine rings is 1. The smallest absolute Gasteiger partial charge is 0.128 e. The van der Waals surface area contributed by atoms with Gasteiger partial charge in [0.1, 0.15) is 11.9 Å². The number of hydrogen-bond donors (Lipinski definition) is 0. The molecule has 3 rings (SSSR count). The molecule has 2 heterocycles. The molecule has 3 heteroatoms. The van der Waals surface area contributed by atoms with Crippen molar-refractivity contribution in [2.45, 2.75) is 44.9 Å². The topological polar surface area (TPSA) is 39.9 Å². The zero-order valence-electron chi connectivity index (χ0n) is 12.1. The summed E-state index contributed by atoms with van der Waals surface area (Å²) < 4.78 is 0. The van der Waals surface area contributed by atoms with Crippen LogP contribution in [0.3, 0.4) is 0 Å². The Labute approximate surface area is 121 Å². The maximum absolute atomic E-state index is 8.85. The quantitative estimate of drug-likeness (QED) is 0.821. The van der Waals surface area contributed by atoms with E-state index < -0.39 is 0 Å². The largest absolute Gasteiger partial charge is 0.356 e. The summed E-state index contributed by atoms with van der Waals surface area (Å²) in [6, 6.07) is 6.02. The second kappa shape index (κ2) is 6.26. The minimum absolute atomic E-state index is 0.648. The van der Waals surface area contributed by atoms with Crippen molar-refractivity contribution in [1.29, 1.82) is 5.26 Å². The average molecular weight is 269 g/mol. The Hall–Kier alpha value is -1.56. The molecule has 2 fully saturated rings. The lowest BCUT2D eigenvalue weighted by Crippen LogP contribution is -2.39. The Morgan fingerprint density at radius 1 is 1.05 bits per heavy atom. The van der Waals surface area contributed by atoms with E-state index in [1.54, 1.807) is 6.20 Å². The number of aromatic nitrogens is 1. The van der Waals surface area contributed by atoms with Crippen LogP contribution in [0.15, 0.2) is 18.3 Å². The molecule has 1 saturated heterocycles. The number of pyridine rings is 1. The fourth-order valence-corrected chi connectivity index (χ4v) is 3.85. The summed E-state index contributed by atoms with van der Waals surface area (Å²) in [4.78, 5) is 6.88. The number of hydrogen-bond acceptors (Lipinski definition) is 3. The summed E-state index contributed by atoms with van der Waals surface area (Å²) >= 11 is 0. The first kappa shape index (κ1) is 13.4. The van der Waals surface area contributed by atoms with Gasteiger partial charge in [-0.25, -0.2) is 4.98 Å². The molecule has 0 bridgehead atoms. The van der Waals surface area contributed by atoms with Gasteiger partial charge in [-0.3, -0.25) is 0 Å². The summed E-state index contributed by atoms with van der Waals surface area (Å²) in [6.07, 6.45) is 11.5. The van der Waals surface area contributed by atoms with E-state index in [9.17, 15) is 0 Å². The standard InChI is InChI=1S/C17H23N3/c18-11-14-8-9-17(19-12-14)20-10-4-7-16(13-20)15-5-2-1-3-6-15/h8-9,12,15-16H,1-7,10,13H2. The fourth-order valence-electron chi connectivity index (χ4n) is 3.85. The normalized spacial score (nSPS) is 24.4. The third-order valence-electron chi connectivity index (χ3n) is 4.98. The Morgan fingerprint density at radius 3 is 2.55 bits per heavy atom. The lowest BCUT2D eigenvalue weighted by atomic mass is 9.76. The van der Waals surface area contributed by atoms with E-state index in [2.05, 4.69) is 16.0 Å². The van der Waals surface area contributed by atoms with E-state index in [0.29, 0.717) is 5.56 Å². The molecule has 1 aromatic heterocycles. The van der Waals surface area contributed by atoms with Crippen molar-refractivity contribution in [2.75, 3.05) is 18.0 Å². The van der Waals surface area contributed by atoms with Crippen LogP contribution in [-0.2, 0) is 0 Å². The zero-order chi connectivity index (χ0) is 13.8. The van der Waals surface area contributed by atoms with Crippen molar-refractivity contribution in [2.24, 2.45) is 11.8 Å². The minimum atomic E-state index is 0.648. The van der Waals surface area contributed by atoms with E-state index in [0.717, 1.165) is 30.7 Å². The van der Waals surface area contributed by atoms with Gasteiger partial charge in [0.2, 0.25) is 0 Å². The number of rotatable bonds is 2. The van der Waals surface area contributed by atoms with Crippen molar-refractivity contribution >= 4 is 5.82 Å². The van der Waals surface area contributed by atoms with E-state index in [1.165, 1.54) is 44.9 Å². The first-order valence-corrected chi connectivity index (χ1v) is 7.98. The van der Waals surface area contributed by atoms with Crippen LogP contribution >= 0.6 is 0 Å². The van der Waals surface area contributed by atoms with Crippen LogP contribution < -0.4 is 4.90 Å². The van der Waals surface area contributed by atoms with Crippen molar-refractivity contribution < 1.29 is 0 Å². The van der Waals surface area contributed by atoms with Gasteiger partial charge in [-0.05, 0) is 36.8 Å². The highest BCUT2D eigenvalue weighted by atomic mass is 15.2. The van der Waals surface area contributed by atoms with Gasteiger partial charge in [-0.1, -0.05) is 32.1 Å². The van der Waals surface area contributed by atoms with Crippen LogP contribution in [-0.4, -0.2) is 18.1 Å². The molecule has 0 aromatic carbocycles. The molecule has 0 amide bonds. The van der Waals surface area contributed by atoms with Gasteiger partial charge in [-0.15, -0.1) is 0 Å². The van der Waals surface area contributed by atoms with E-state index in [-0.39, 0.29) is 0 Å². The number of nitrogens with zero attached hydrogens (tertiary/aromatic N) is 3. The maximum Gasteiger partial charge on any atom is 0.128 e. The van der Waals surface area contributed by atoms with Gasteiger partial charge in [0.25, 0.3) is 0 Å². The van der Waals surface area contributed by atoms with Gasteiger partial charge < -0.3 is 4.90 Å². The van der Waals surface area contributed by atoms with Crippen LogP contribution in [0.5, 0.6) is 0 Å². The summed E-state index contributed by atoms with van der Waals surface area (Å²) in [7, 11) is 0. The van der Waals surface area contributed by atoms with E-state index in [4.69, 9.17) is 5.26 Å². The van der Waals surface area contributed by atoms with Gasteiger partial charge >= 0.3 is 0 Å². The number of nitriles is 1. The van der Waals surface area contributed by atoms with Crippen LogP contribution in [0.4, 0.5) is 5.82 Å². The predicted octanol–water partition coefficient (Wildman–Crippen LogP) is 3.75. The molecule has 0 N–H and O–H groups in total. The lowest BCUT2D eigenvalue weighted by Gasteiger charge is -2.39. The second-order valence-corrected chi connectivity index (χ2v) is 6.26. The predicted molar refractivity (Wildman–Crippen MR) is 80.5 cm³/mol. The molecular weight excluding hydrogens is 246 g/mol. The summed E-state index contributed by atoms with van der Waals surface area (Å²) in [5, 5.41) is 8.85. The molecular formula is C17H23N3. The first-order valence-electron chi connectivity index (χ1n) is 7.98. The third-order valence-corrected chi connectivity index (χ3v) is 4.98. The van der Waals surface area contributed by atoms with Gasteiger partial charge in [0.15, 0.2) is 0 Å². The highest BCUT2D eigenvalue weighted by Crippen LogP contribution is 2.35. The molecule has 3 nitrogen and oxygen atoms in total. The maximum atomic E-state index is 8.85. The Bertz CT molecular complexity index is 468. The molecule has 106 valence electrons. The molecule has 1 aliphatic carbocycles.